The number of nitrogen functional groups attached to an aromatic ring is 1. The highest BCUT2D eigenvalue weighted by atomic mass is 16.4. The number of aromatic carboxylic acids is 1. The van der Waals surface area contributed by atoms with Gasteiger partial charge in [-0.15, -0.1) is 0 Å². The number of amides is 2. The van der Waals surface area contributed by atoms with Crippen LogP contribution in [0.3, 0.4) is 0 Å². The van der Waals surface area contributed by atoms with E-state index in [0.717, 1.165) is 11.1 Å². The number of nitrogens with one attached hydrogen (secondary N) is 3. The van der Waals surface area contributed by atoms with Crippen LogP contribution >= 0.6 is 0 Å². The molecule has 1 aromatic heterocycles. The number of carbonyl (C=O) groups is 3. The summed E-state index contributed by atoms with van der Waals surface area (Å²) in [5.41, 5.74) is 17.4. The first-order valence-electron chi connectivity index (χ1n) is 9.10. The zero-order chi connectivity index (χ0) is 23.5. The maximum absolute atomic E-state index is 12.6. The van der Waals surface area contributed by atoms with Crippen molar-refractivity contribution in [3.8, 4) is 0 Å². The van der Waals surface area contributed by atoms with Gasteiger partial charge in [0, 0.05) is 23.9 Å². The minimum absolute atomic E-state index is 0.0954. The van der Waals surface area contributed by atoms with Crippen molar-refractivity contribution in [2.75, 3.05) is 16.5 Å². The third-order valence-electron chi connectivity index (χ3n) is 4.80. The molecule has 0 saturated carbocycles. The number of primary amides is 1. The van der Waals surface area contributed by atoms with Gasteiger partial charge in [-0.3, -0.25) is 15.0 Å². The second kappa shape index (κ2) is 9.03. The number of benzene rings is 2. The van der Waals surface area contributed by atoms with Crippen molar-refractivity contribution >= 4 is 46.4 Å². The van der Waals surface area contributed by atoms with Crippen LogP contribution in [0.4, 0.5) is 17.1 Å². The maximum Gasteiger partial charge on any atom is 0.345 e. The molecule has 8 N–H and O–H groups in total. The Morgan fingerprint density at radius 2 is 1.77 bits per heavy atom. The molecule has 2 aromatic carbocycles. The maximum atomic E-state index is 12.6. The van der Waals surface area contributed by atoms with Gasteiger partial charge in [-0.05, 0) is 50.1 Å². The lowest BCUT2D eigenvalue weighted by Gasteiger charge is -2.15. The van der Waals surface area contributed by atoms with Gasteiger partial charge < -0.3 is 26.9 Å². The standard InChI is InChI=1S/C19H21N5O4.CH3NO/c1-8-9(2)16-17(10(3)15(8)20)24(19(28)22-16)23-14-6-5-12(21-11(4)25)7-13(14)18(26)27;2-1-3/h5-7,23H,20H2,1-4H3,(H,21,25)(H,22,28)(H,26,27);1H,(H2,2,3). The van der Waals surface area contributed by atoms with Crippen molar-refractivity contribution in [2.24, 2.45) is 5.73 Å². The molecule has 1 heterocycles. The lowest BCUT2D eigenvalue weighted by Crippen LogP contribution is -2.25. The molecule has 164 valence electrons. The number of imidazole rings is 1. The van der Waals surface area contributed by atoms with Crippen molar-refractivity contribution in [3.63, 3.8) is 0 Å². The van der Waals surface area contributed by atoms with Crippen LogP contribution in [-0.2, 0) is 9.59 Å². The summed E-state index contributed by atoms with van der Waals surface area (Å²) in [6.45, 7) is 6.87. The van der Waals surface area contributed by atoms with Crippen molar-refractivity contribution in [3.05, 3.63) is 50.9 Å². The van der Waals surface area contributed by atoms with E-state index in [2.05, 4.69) is 21.5 Å². The molecule has 2 amide bonds. The highest BCUT2D eigenvalue weighted by molar-refractivity contribution is 5.98. The van der Waals surface area contributed by atoms with Crippen molar-refractivity contribution < 1.29 is 19.5 Å². The molecule has 11 heteroatoms. The Morgan fingerprint density at radius 1 is 1.16 bits per heavy atom. The molecule has 0 aliphatic heterocycles. The van der Waals surface area contributed by atoms with E-state index in [1.165, 1.54) is 23.7 Å². The van der Waals surface area contributed by atoms with Crippen LogP contribution in [0.15, 0.2) is 23.0 Å². The molecule has 0 atom stereocenters. The fourth-order valence-electron chi connectivity index (χ4n) is 3.19. The monoisotopic (exact) mass is 428 g/mol. The zero-order valence-corrected chi connectivity index (χ0v) is 17.5. The van der Waals surface area contributed by atoms with E-state index in [0.29, 0.717) is 28.0 Å². The Kier molecular flexibility index (Phi) is 6.70. The largest absolute Gasteiger partial charge is 0.478 e. The summed E-state index contributed by atoms with van der Waals surface area (Å²) in [5.74, 6) is -1.52. The number of aromatic nitrogens is 2. The Bertz CT molecular complexity index is 1240. The number of H-pyrrole nitrogens is 1. The summed E-state index contributed by atoms with van der Waals surface area (Å²) in [6.07, 6.45) is 0.250. The molecule has 3 rings (SSSR count). The van der Waals surface area contributed by atoms with Crippen LogP contribution in [-0.4, -0.2) is 33.1 Å². The Morgan fingerprint density at radius 3 is 2.32 bits per heavy atom. The summed E-state index contributed by atoms with van der Waals surface area (Å²) in [7, 11) is 0. The molecule has 0 aliphatic carbocycles. The first kappa shape index (κ1) is 23.0. The van der Waals surface area contributed by atoms with Crippen LogP contribution in [0.5, 0.6) is 0 Å². The average Bonchev–Trinajstić information content (AvgIpc) is 3.02. The number of carboxylic acid groups (broad SMARTS) is 1. The molecule has 31 heavy (non-hydrogen) atoms. The number of hydrogen-bond acceptors (Lipinski definition) is 6. The van der Waals surface area contributed by atoms with Crippen LogP contribution in [0.25, 0.3) is 11.0 Å². The molecule has 0 spiro atoms. The Balaban J connectivity index is 0.00000107. The predicted octanol–water partition coefficient (Wildman–Crippen LogP) is 1.47. The van der Waals surface area contributed by atoms with Crippen LogP contribution in [0.2, 0.25) is 0 Å². The number of carboxylic acids is 1. The van der Waals surface area contributed by atoms with Gasteiger partial charge in [-0.25, -0.2) is 14.3 Å². The summed E-state index contributed by atoms with van der Waals surface area (Å²) >= 11 is 0. The van der Waals surface area contributed by atoms with Crippen LogP contribution < -0.4 is 27.9 Å². The zero-order valence-electron chi connectivity index (χ0n) is 17.5. The second-order valence-electron chi connectivity index (χ2n) is 6.77. The van der Waals surface area contributed by atoms with E-state index < -0.39 is 11.7 Å². The summed E-state index contributed by atoms with van der Waals surface area (Å²) in [4.78, 5) is 46.9. The molecule has 0 bridgehead atoms. The van der Waals surface area contributed by atoms with Crippen LogP contribution in [0, 0.1) is 20.8 Å². The average molecular weight is 428 g/mol. The van der Waals surface area contributed by atoms with E-state index in [4.69, 9.17) is 10.5 Å². The van der Waals surface area contributed by atoms with Gasteiger partial charge in [-0.1, -0.05) is 0 Å². The Hall–Kier alpha value is -4.28. The first-order chi connectivity index (χ1) is 14.5. The minimum atomic E-state index is -1.20. The summed E-state index contributed by atoms with van der Waals surface area (Å²) in [6, 6.07) is 4.36. The summed E-state index contributed by atoms with van der Waals surface area (Å²) in [5, 5.41) is 12.1. The van der Waals surface area contributed by atoms with Gasteiger partial charge in [0.1, 0.15) is 0 Å². The quantitative estimate of drug-likeness (QED) is 0.268. The van der Waals surface area contributed by atoms with E-state index in [1.54, 1.807) is 13.0 Å². The molecular weight excluding hydrogens is 404 g/mol. The first-order valence-corrected chi connectivity index (χ1v) is 9.10. The van der Waals surface area contributed by atoms with Gasteiger partial charge in [0.25, 0.3) is 0 Å². The number of aryl methyl sites for hydroxylation is 2. The lowest BCUT2D eigenvalue weighted by molar-refractivity contribution is -0.114. The van der Waals surface area contributed by atoms with E-state index in [1.807, 2.05) is 13.8 Å². The third-order valence-corrected chi connectivity index (χ3v) is 4.80. The lowest BCUT2D eigenvalue weighted by atomic mass is 10.0. The molecular formula is C20H24N6O5. The molecule has 0 radical (unpaired) electrons. The van der Waals surface area contributed by atoms with Crippen molar-refractivity contribution in [1.82, 2.24) is 9.66 Å². The fourth-order valence-corrected chi connectivity index (χ4v) is 3.19. The highest BCUT2D eigenvalue weighted by Crippen LogP contribution is 2.30. The van der Waals surface area contributed by atoms with E-state index >= 15 is 0 Å². The van der Waals surface area contributed by atoms with E-state index in [-0.39, 0.29) is 23.6 Å². The number of carbonyl (C=O) groups excluding carboxylic acids is 2. The Labute approximate surface area is 177 Å². The molecule has 0 saturated heterocycles. The number of rotatable bonds is 4. The fraction of sp³-hybridized carbons (Fsp3) is 0.200. The number of anilines is 3. The molecule has 0 aliphatic rings. The highest BCUT2D eigenvalue weighted by Gasteiger charge is 2.19. The molecule has 0 unspecified atom stereocenters. The number of nitrogens with two attached hydrogens (primary N) is 2. The van der Waals surface area contributed by atoms with Crippen molar-refractivity contribution in [1.29, 1.82) is 0 Å². The minimum Gasteiger partial charge on any atom is -0.478 e. The normalized spacial score (nSPS) is 10.2. The smallest absolute Gasteiger partial charge is 0.345 e. The number of fused-ring (bicyclic) bond motifs is 1. The topological polar surface area (TPSA) is 185 Å². The summed E-state index contributed by atoms with van der Waals surface area (Å²) < 4.78 is 1.24. The molecule has 11 nitrogen and oxygen atoms in total. The van der Waals surface area contributed by atoms with Crippen molar-refractivity contribution in [2.45, 2.75) is 27.7 Å². The number of nitrogens with zero attached hydrogens (tertiary/aromatic N) is 1. The van der Waals surface area contributed by atoms with Gasteiger partial charge in [-0.2, -0.15) is 0 Å². The molecule has 3 aromatic rings. The number of aromatic amines is 1. The van der Waals surface area contributed by atoms with Gasteiger partial charge >= 0.3 is 11.7 Å². The van der Waals surface area contributed by atoms with Crippen LogP contribution in [0.1, 0.15) is 34.0 Å². The molecule has 0 fully saturated rings. The van der Waals surface area contributed by atoms with E-state index in [9.17, 15) is 19.5 Å². The number of hydrogen-bond donors (Lipinski definition) is 6. The third kappa shape index (κ3) is 4.50. The predicted molar refractivity (Wildman–Crippen MR) is 118 cm³/mol. The van der Waals surface area contributed by atoms with Gasteiger partial charge in [0.15, 0.2) is 0 Å². The SMILES string of the molecule is CC(=O)Nc1ccc(Nn2c(=O)[nH]c3c(C)c(C)c(N)c(C)c32)c(C(=O)O)c1.NC=O. The second-order valence-corrected chi connectivity index (χ2v) is 6.77. The van der Waals surface area contributed by atoms with Gasteiger partial charge in [0.2, 0.25) is 12.3 Å². The van der Waals surface area contributed by atoms with Gasteiger partial charge in [0.05, 0.1) is 22.3 Å².